The summed E-state index contributed by atoms with van der Waals surface area (Å²) in [6.07, 6.45) is 3.57. The van der Waals surface area contributed by atoms with E-state index in [9.17, 15) is 4.79 Å². The van der Waals surface area contributed by atoms with Gasteiger partial charge in [0.25, 0.3) is 0 Å². The van der Waals surface area contributed by atoms with E-state index in [0.29, 0.717) is 18.5 Å². The molecule has 7 nitrogen and oxygen atoms in total. The predicted molar refractivity (Wildman–Crippen MR) is 72.2 cm³/mol. The predicted octanol–water partition coefficient (Wildman–Crippen LogP) is 0.772. The van der Waals surface area contributed by atoms with Crippen LogP contribution in [0.2, 0.25) is 0 Å². The first-order valence-electron chi connectivity index (χ1n) is 6.89. The summed E-state index contributed by atoms with van der Waals surface area (Å²) in [6, 6.07) is 0.402. The summed E-state index contributed by atoms with van der Waals surface area (Å²) in [5, 5.41) is 7.54. The lowest BCUT2D eigenvalue weighted by Gasteiger charge is -2.34. The third-order valence-electron chi connectivity index (χ3n) is 3.67. The molecule has 0 N–H and O–H groups in total. The van der Waals surface area contributed by atoms with Crippen LogP contribution >= 0.6 is 0 Å². The average molecular weight is 282 g/mol. The molecule has 0 aromatic carbocycles. The van der Waals surface area contributed by atoms with Gasteiger partial charge in [-0.1, -0.05) is 6.42 Å². The van der Waals surface area contributed by atoms with E-state index in [4.69, 9.17) is 9.15 Å². The molecule has 1 aromatic heterocycles. The molecule has 20 heavy (non-hydrogen) atoms. The van der Waals surface area contributed by atoms with Crippen LogP contribution in [0, 0.1) is 0 Å². The Hall–Kier alpha value is -1.47. The number of carbonyl (C=O) groups is 1. The Bertz CT molecular complexity index is 449. The highest BCUT2D eigenvalue weighted by Crippen LogP contribution is 2.16. The molecule has 112 valence electrons. The fraction of sp³-hybridized carbons (Fsp3) is 0.769. The number of amides is 1. The molecule has 7 heteroatoms. The lowest BCUT2D eigenvalue weighted by atomic mass is 10.0. The largest absolute Gasteiger partial charge is 0.414 e. The van der Waals surface area contributed by atoms with Crippen LogP contribution in [0.15, 0.2) is 4.42 Å². The average Bonchev–Trinajstić information content (AvgIpc) is 2.89. The molecule has 1 saturated heterocycles. The van der Waals surface area contributed by atoms with Gasteiger partial charge in [0.2, 0.25) is 5.89 Å². The number of rotatable bonds is 5. The Morgan fingerprint density at radius 3 is 3.00 bits per heavy atom. The summed E-state index contributed by atoms with van der Waals surface area (Å²) < 4.78 is 10.2. The van der Waals surface area contributed by atoms with Gasteiger partial charge >= 0.3 is 11.8 Å². The van der Waals surface area contributed by atoms with E-state index in [1.807, 2.05) is 0 Å². The number of hydrogen-bond donors (Lipinski definition) is 0. The summed E-state index contributed by atoms with van der Waals surface area (Å²) in [4.78, 5) is 16.2. The number of hydrogen-bond acceptors (Lipinski definition) is 6. The molecular weight excluding hydrogens is 260 g/mol. The fourth-order valence-electron chi connectivity index (χ4n) is 2.46. The van der Waals surface area contributed by atoms with Crippen molar-refractivity contribution in [3.63, 3.8) is 0 Å². The Kier molecular flexibility index (Phi) is 5.08. The molecule has 1 atom stereocenters. The first-order valence-corrected chi connectivity index (χ1v) is 6.89. The molecule has 0 radical (unpaired) electrons. The van der Waals surface area contributed by atoms with E-state index in [1.165, 1.54) is 20.0 Å². The monoisotopic (exact) mass is 282 g/mol. The molecule has 2 rings (SSSR count). The van der Waals surface area contributed by atoms with Crippen molar-refractivity contribution in [1.29, 1.82) is 0 Å². The highest BCUT2D eigenvalue weighted by molar-refractivity contribution is 5.89. The Labute approximate surface area is 118 Å². The van der Waals surface area contributed by atoms with Crippen LogP contribution in [0.25, 0.3) is 0 Å². The van der Waals surface area contributed by atoms with Crippen molar-refractivity contribution < 1.29 is 13.9 Å². The van der Waals surface area contributed by atoms with Gasteiger partial charge in [0, 0.05) is 26.7 Å². The lowest BCUT2D eigenvalue weighted by molar-refractivity contribution is 0.0672. The van der Waals surface area contributed by atoms with E-state index in [1.54, 1.807) is 11.9 Å². The third kappa shape index (κ3) is 3.55. The number of methoxy groups -OCH3 is 1. The molecule has 0 bridgehead atoms. The molecule has 0 unspecified atom stereocenters. The minimum Gasteiger partial charge on any atom is -0.414 e. The number of aromatic nitrogens is 2. The van der Waals surface area contributed by atoms with Crippen LogP contribution in [-0.4, -0.2) is 66.2 Å². The summed E-state index contributed by atoms with van der Waals surface area (Å²) in [7, 11) is 5.41. The van der Waals surface area contributed by atoms with Gasteiger partial charge in [0.15, 0.2) is 0 Å². The number of carbonyl (C=O) groups excluding carboxylic acids is 1. The normalized spacial score (nSPS) is 20.1. The van der Waals surface area contributed by atoms with Crippen molar-refractivity contribution in [2.24, 2.45) is 0 Å². The molecule has 0 spiro atoms. The summed E-state index contributed by atoms with van der Waals surface area (Å²) in [6.45, 7) is 1.98. The second kappa shape index (κ2) is 6.81. The van der Waals surface area contributed by atoms with Gasteiger partial charge in [-0.05, 0) is 26.4 Å². The van der Waals surface area contributed by atoms with Gasteiger partial charge < -0.3 is 19.0 Å². The summed E-state index contributed by atoms with van der Waals surface area (Å²) in [5.41, 5.74) is 0. The smallest absolute Gasteiger partial charge is 0.311 e. The standard InChI is InChI=1S/C13H22N4O3/c1-16-7-5-4-6-10(16)8-17(2)13(18)12-15-14-11(20-12)9-19-3/h10H,4-9H2,1-3H3/t10-/m1/s1. The van der Waals surface area contributed by atoms with Gasteiger partial charge in [-0.2, -0.15) is 0 Å². The van der Waals surface area contributed by atoms with Crippen molar-refractivity contribution in [3.8, 4) is 0 Å². The zero-order chi connectivity index (χ0) is 14.5. The third-order valence-corrected chi connectivity index (χ3v) is 3.67. The van der Waals surface area contributed by atoms with Crippen LogP contribution in [0.1, 0.15) is 35.8 Å². The molecule has 1 aliphatic rings. The molecule has 1 amide bonds. The van der Waals surface area contributed by atoms with Crippen LogP contribution < -0.4 is 0 Å². The number of piperidine rings is 1. The van der Waals surface area contributed by atoms with Crippen molar-refractivity contribution >= 4 is 5.91 Å². The lowest BCUT2D eigenvalue weighted by Crippen LogP contribution is -2.45. The van der Waals surface area contributed by atoms with E-state index in [0.717, 1.165) is 13.0 Å². The van der Waals surface area contributed by atoms with E-state index >= 15 is 0 Å². The zero-order valence-corrected chi connectivity index (χ0v) is 12.3. The maximum atomic E-state index is 12.2. The topological polar surface area (TPSA) is 71.7 Å². The molecule has 1 aliphatic heterocycles. The van der Waals surface area contributed by atoms with Crippen LogP contribution in [0.5, 0.6) is 0 Å². The first kappa shape index (κ1) is 14.9. The Morgan fingerprint density at radius 2 is 2.30 bits per heavy atom. The minimum atomic E-state index is -0.237. The Morgan fingerprint density at radius 1 is 1.50 bits per heavy atom. The van der Waals surface area contributed by atoms with E-state index < -0.39 is 0 Å². The second-order valence-corrected chi connectivity index (χ2v) is 5.25. The van der Waals surface area contributed by atoms with Crippen molar-refractivity contribution in [2.45, 2.75) is 31.9 Å². The maximum Gasteiger partial charge on any atom is 0.311 e. The molecule has 0 aliphatic carbocycles. The highest BCUT2D eigenvalue weighted by atomic mass is 16.5. The van der Waals surface area contributed by atoms with Crippen molar-refractivity contribution in [3.05, 3.63) is 11.8 Å². The van der Waals surface area contributed by atoms with Gasteiger partial charge in [-0.3, -0.25) is 4.79 Å². The van der Waals surface area contributed by atoms with Gasteiger partial charge in [-0.15, -0.1) is 10.2 Å². The quantitative estimate of drug-likeness (QED) is 0.794. The van der Waals surface area contributed by atoms with Crippen molar-refractivity contribution in [1.82, 2.24) is 20.0 Å². The summed E-state index contributed by atoms with van der Waals surface area (Å²) in [5.74, 6) is 0.107. The number of nitrogens with zero attached hydrogens (tertiary/aromatic N) is 4. The molecule has 2 heterocycles. The number of likely N-dealkylation sites (N-methyl/N-ethyl adjacent to an activating group) is 2. The number of ether oxygens (including phenoxy) is 1. The van der Waals surface area contributed by atoms with Gasteiger partial charge in [0.1, 0.15) is 6.61 Å². The van der Waals surface area contributed by atoms with Gasteiger partial charge in [0.05, 0.1) is 0 Å². The fourth-order valence-corrected chi connectivity index (χ4v) is 2.46. The minimum absolute atomic E-state index is 0.0259. The molecular formula is C13H22N4O3. The SMILES string of the molecule is COCc1nnc(C(=O)N(C)C[C@H]2CCCCN2C)o1. The van der Waals surface area contributed by atoms with Crippen LogP contribution in [0.3, 0.4) is 0 Å². The first-order chi connectivity index (χ1) is 9.61. The van der Waals surface area contributed by atoms with Crippen molar-refractivity contribution in [2.75, 3.05) is 34.3 Å². The molecule has 0 saturated carbocycles. The number of likely N-dealkylation sites (tertiary alicyclic amines) is 1. The highest BCUT2D eigenvalue weighted by Gasteiger charge is 2.25. The summed E-state index contributed by atoms with van der Waals surface area (Å²) >= 11 is 0. The van der Waals surface area contributed by atoms with E-state index in [2.05, 4.69) is 22.1 Å². The molecule has 1 aromatic rings. The van der Waals surface area contributed by atoms with Crippen LogP contribution in [-0.2, 0) is 11.3 Å². The molecule has 1 fully saturated rings. The van der Waals surface area contributed by atoms with Gasteiger partial charge in [-0.25, -0.2) is 0 Å². The van der Waals surface area contributed by atoms with E-state index in [-0.39, 0.29) is 18.4 Å². The second-order valence-electron chi connectivity index (χ2n) is 5.25. The maximum absolute atomic E-state index is 12.2. The Balaban J connectivity index is 1.93. The van der Waals surface area contributed by atoms with Crippen LogP contribution in [0.4, 0.5) is 0 Å². The zero-order valence-electron chi connectivity index (χ0n) is 12.3.